The minimum absolute atomic E-state index is 0.0569. The van der Waals surface area contributed by atoms with Gasteiger partial charge in [-0.05, 0) is 56.8 Å². The molecule has 186 valence electrons. The number of methoxy groups -OCH3 is 1. The number of rotatable bonds is 10. The Balaban J connectivity index is 1.35. The monoisotopic (exact) mass is 471 g/mol. The quantitative estimate of drug-likeness (QED) is 0.224. The highest BCUT2D eigenvalue weighted by molar-refractivity contribution is 5.65. The zero-order valence-electron chi connectivity index (χ0n) is 20.7. The summed E-state index contributed by atoms with van der Waals surface area (Å²) in [7, 11) is 3.88. The molecule has 1 aromatic carbocycles. The average molecular weight is 472 g/mol. The van der Waals surface area contributed by atoms with Crippen molar-refractivity contribution >= 4 is 5.97 Å². The first-order chi connectivity index (χ1) is 16.5. The smallest absolute Gasteiger partial charge is 0.302 e. The van der Waals surface area contributed by atoms with Gasteiger partial charge >= 0.3 is 5.97 Å². The number of likely N-dealkylation sites (N-methyl/N-ethyl adjacent to an activating group) is 1. The molecule has 7 heteroatoms. The first-order valence-electron chi connectivity index (χ1n) is 12.5. The van der Waals surface area contributed by atoms with Crippen LogP contribution in [0.1, 0.15) is 44.2 Å². The van der Waals surface area contributed by atoms with Crippen molar-refractivity contribution in [2.45, 2.75) is 63.2 Å². The van der Waals surface area contributed by atoms with Crippen LogP contribution in [0.3, 0.4) is 0 Å². The number of likely N-dealkylation sites (tertiary alicyclic amines) is 1. The maximum atomic E-state index is 11.0. The molecule has 6 atom stereocenters. The molecule has 0 aromatic heterocycles. The Morgan fingerprint density at radius 1 is 1.32 bits per heavy atom. The lowest BCUT2D eigenvalue weighted by molar-refractivity contribution is -0.142. The Hall–Kier alpha value is -2.09. The lowest BCUT2D eigenvalue weighted by Crippen LogP contribution is -2.65. The molecule has 7 nitrogen and oxygen atoms in total. The van der Waals surface area contributed by atoms with Crippen LogP contribution in [0.15, 0.2) is 24.3 Å². The lowest BCUT2D eigenvalue weighted by atomic mass is 9.53. The molecule has 2 aliphatic carbocycles. The first kappa shape index (κ1) is 23.6. The van der Waals surface area contributed by atoms with Gasteiger partial charge in [-0.1, -0.05) is 25.1 Å². The molecule has 0 N–H and O–H groups in total. The van der Waals surface area contributed by atoms with E-state index in [1.165, 1.54) is 18.1 Å². The molecular weight excluding hydrogens is 434 g/mol. The molecule has 5 rings (SSSR count). The number of piperidine rings is 1. The molecule has 1 saturated heterocycles. The fourth-order valence-corrected chi connectivity index (χ4v) is 6.58. The van der Waals surface area contributed by atoms with Crippen LogP contribution in [-0.4, -0.2) is 69.8 Å². The standard InChI is InChI=1S/C27H37NO6/c1-17(15-32-18(2)29)6-5-13-31-23-10-8-20-21-14-19-7-9-22(33-16-30-4)25-24(19)27(20,26(23)34-25)11-12-28(21)3/h7-10,17,20-21,23,26H,5-6,11-16H2,1-4H3/t17?,20-,21+,23?,26?,27-/m0/s1. The molecular formula is C27H37NO6. The highest BCUT2D eigenvalue weighted by atomic mass is 16.7. The minimum Gasteiger partial charge on any atom is -0.482 e. The Bertz CT molecular complexity index is 947. The second kappa shape index (κ2) is 9.51. The number of esters is 1. The molecule has 2 aliphatic heterocycles. The molecule has 1 spiro atoms. The predicted octanol–water partition coefficient (Wildman–Crippen LogP) is 3.48. The second-order valence-corrected chi connectivity index (χ2v) is 10.4. The van der Waals surface area contributed by atoms with Crippen LogP contribution in [-0.2, 0) is 30.8 Å². The number of hydrogen-bond donors (Lipinski definition) is 0. The van der Waals surface area contributed by atoms with Crippen LogP contribution in [0.5, 0.6) is 11.5 Å². The Morgan fingerprint density at radius 2 is 2.18 bits per heavy atom. The topological polar surface area (TPSA) is 66.5 Å². The number of carbonyl (C=O) groups is 1. The van der Waals surface area contributed by atoms with Crippen LogP contribution < -0.4 is 9.47 Å². The first-order valence-corrected chi connectivity index (χ1v) is 12.5. The summed E-state index contributed by atoms with van der Waals surface area (Å²) >= 11 is 0. The van der Waals surface area contributed by atoms with Crippen molar-refractivity contribution in [1.29, 1.82) is 0 Å². The third kappa shape index (κ3) is 3.91. The van der Waals surface area contributed by atoms with E-state index in [0.29, 0.717) is 31.1 Å². The van der Waals surface area contributed by atoms with Gasteiger partial charge in [-0.25, -0.2) is 0 Å². The molecule has 2 heterocycles. The van der Waals surface area contributed by atoms with Crippen LogP contribution in [0, 0.1) is 11.8 Å². The van der Waals surface area contributed by atoms with Gasteiger partial charge in [-0.15, -0.1) is 0 Å². The summed E-state index contributed by atoms with van der Waals surface area (Å²) in [5.41, 5.74) is 2.64. The molecule has 3 unspecified atom stereocenters. The van der Waals surface area contributed by atoms with E-state index in [0.717, 1.165) is 43.7 Å². The summed E-state index contributed by atoms with van der Waals surface area (Å²) < 4.78 is 29.4. The fraction of sp³-hybridized carbons (Fsp3) is 0.667. The maximum absolute atomic E-state index is 11.0. The SMILES string of the molecule is COCOc1ccc2c3c1OC1C(OCCCC(C)COC(C)=O)C=C[C@H]4[C@@H](C2)N(C)CC[C@]314. The number of nitrogens with zero attached hydrogens (tertiary/aromatic N) is 1. The summed E-state index contributed by atoms with van der Waals surface area (Å²) in [6.45, 7) is 5.93. The van der Waals surface area contributed by atoms with Gasteiger partial charge in [0, 0.05) is 43.6 Å². The van der Waals surface area contributed by atoms with Crippen LogP contribution in [0.25, 0.3) is 0 Å². The van der Waals surface area contributed by atoms with Gasteiger partial charge in [-0.3, -0.25) is 4.79 Å². The summed E-state index contributed by atoms with van der Waals surface area (Å²) in [5.74, 6) is 2.16. The van der Waals surface area contributed by atoms with E-state index in [4.69, 9.17) is 23.7 Å². The van der Waals surface area contributed by atoms with Crippen molar-refractivity contribution in [3.63, 3.8) is 0 Å². The molecule has 0 amide bonds. The maximum Gasteiger partial charge on any atom is 0.302 e. The minimum atomic E-state index is -0.223. The molecule has 1 aromatic rings. The zero-order chi connectivity index (χ0) is 23.9. The fourth-order valence-electron chi connectivity index (χ4n) is 6.58. The van der Waals surface area contributed by atoms with Crippen molar-refractivity contribution in [2.24, 2.45) is 11.8 Å². The average Bonchev–Trinajstić information content (AvgIpc) is 3.17. The molecule has 2 bridgehead atoms. The number of carbonyl (C=O) groups excluding carboxylic acids is 1. The third-order valence-electron chi connectivity index (χ3n) is 8.17. The number of benzene rings is 1. The number of ether oxygens (including phenoxy) is 5. The Labute approximate surface area is 202 Å². The molecule has 4 aliphatic rings. The van der Waals surface area contributed by atoms with E-state index in [-0.39, 0.29) is 30.4 Å². The summed E-state index contributed by atoms with van der Waals surface area (Å²) in [6.07, 6.45) is 8.42. The van der Waals surface area contributed by atoms with Gasteiger partial charge in [0.15, 0.2) is 18.3 Å². The highest BCUT2D eigenvalue weighted by Gasteiger charge is 2.64. The van der Waals surface area contributed by atoms with E-state index in [9.17, 15) is 4.79 Å². The molecule has 0 radical (unpaired) electrons. The highest BCUT2D eigenvalue weighted by Crippen LogP contribution is 2.62. The van der Waals surface area contributed by atoms with Crippen molar-refractivity contribution in [2.75, 3.05) is 40.7 Å². The Kier molecular flexibility index (Phi) is 6.62. The van der Waals surface area contributed by atoms with E-state index in [1.807, 2.05) is 6.07 Å². The van der Waals surface area contributed by atoms with Gasteiger partial charge < -0.3 is 28.6 Å². The number of hydrogen-bond acceptors (Lipinski definition) is 7. The van der Waals surface area contributed by atoms with Gasteiger partial charge in [-0.2, -0.15) is 0 Å². The van der Waals surface area contributed by atoms with E-state index in [2.05, 4.69) is 37.1 Å². The zero-order valence-corrected chi connectivity index (χ0v) is 20.7. The van der Waals surface area contributed by atoms with Gasteiger partial charge in [0.05, 0.1) is 6.61 Å². The van der Waals surface area contributed by atoms with Crippen LogP contribution in [0.2, 0.25) is 0 Å². The van der Waals surface area contributed by atoms with E-state index >= 15 is 0 Å². The normalized spacial score (nSPS) is 31.5. The summed E-state index contributed by atoms with van der Waals surface area (Å²) in [4.78, 5) is 13.6. The van der Waals surface area contributed by atoms with Gasteiger partial charge in [0.2, 0.25) is 0 Å². The second-order valence-electron chi connectivity index (χ2n) is 10.4. The van der Waals surface area contributed by atoms with E-state index < -0.39 is 0 Å². The Morgan fingerprint density at radius 3 is 2.97 bits per heavy atom. The van der Waals surface area contributed by atoms with Crippen molar-refractivity contribution < 1.29 is 28.5 Å². The predicted molar refractivity (Wildman–Crippen MR) is 127 cm³/mol. The largest absolute Gasteiger partial charge is 0.482 e. The summed E-state index contributed by atoms with van der Waals surface area (Å²) in [5, 5.41) is 0. The van der Waals surface area contributed by atoms with Crippen LogP contribution >= 0.6 is 0 Å². The molecule has 34 heavy (non-hydrogen) atoms. The van der Waals surface area contributed by atoms with Gasteiger partial charge in [0.1, 0.15) is 12.2 Å². The summed E-state index contributed by atoms with van der Waals surface area (Å²) in [6, 6.07) is 4.73. The van der Waals surface area contributed by atoms with E-state index in [1.54, 1.807) is 7.11 Å². The van der Waals surface area contributed by atoms with Crippen molar-refractivity contribution in [1.82, 2.24) is 4.90 Å². The van der Waals surface area contributed by atoms with Gasteiger partial charge in [0.25, 0.3) is 0 Å². The molecule has 0 saturated carbocycles. The lowest BCUT2D eigenvalue weighted by Gasteiger charge is -2.56. The van der Waals surface area contributed by atoms with Crippen molar-refractivity contribution in [3.8, 4) is 11.5 Å². The van der Waals surface area contributed by atoms with Crippen LogP contribution in [0.4, 0.5) is 0 Å². The van der Waals surface area contributed by atoms with Crippen molar-refractivity contribution in [3.05, 3.63) is 35.4 Å². The third-order valence-corrected chi connectivity index (χ3v) is 8.17. The molecule has 1 fully saturated rings.